The number of hydrogen-bond acceptors (Lipinski definition) is 6. The Labute approximate surface area is 58.0 Å². The molecule has 48 valence electrons. The summed E-state index contributed by atoms with van der Waals surface area (Å²) >= 11 is 0. The van der Waals surface area contributed by atoms with Crippen molar-refractivity contribution in [2.45, 2.75) is 0 Å². The first kappa shape index (κ1) is 11.6. The van der Waals surface area contributed by atoms with E-state index in [0.717, 1.165) is 0 Å². The SMILES string of the molecule is N.OP1(O)(O)OO1.[Zn]. The quantitative estimate of drug-likeness (QED) is 0.174. The molecule has 0 saturated carbocycles. The van der Waals surface area contributed by atoms with Gasteiger partial charge in [0.05, 0.1) is 0 Å². The van der Waals surface area contributed by atoms with Crippen LogP contribution >= 0.6 is 7.74 Å². The van der Waals surface area contributed by atoms with E-state index in [1.807, 2.05) is 0 Å². The Morgan fingerprint density at radius 3 is 1.12 bits per heavy atom. The molecule has 0 amide bonds. The smallest absolute Gasteiger partial charge is 0 e. The molecule has 8 heteroatoms. The largest absolute Gasteiger partial charge is 0 e. The van der Waals surface area contributed by atoms with Crippen LogP contribution in [-0.4, -0.2) is 14.7 Å². The molecular weight excluding hydrogens is 190 g/mol. The van der Waals surface area contributed by atoms with Crippen LogP contribution in [0.15, 0.2) is 0 Å². The Hall–Kier alpha value is 0.813. The van der Waals surface area contributed by atoms with Crippen molar-refractivity contribution in [1.82, 2.24) is 6.15 Å². The second-order valence-corrected chi connectivity index (χ2v) is 2.95. The van der Waals surface area contributed by atoms with E-state index in [9.17, 15) is 0 Å². The normalized spacial score (nSPS) is 32.1. The summed E-state index contributed by atoms with van der Waals surface area (Å²) in [7, 11) is -4.80. The maximum absolute atomic E-state index is 7.89. The topological polar surface area (TPSA) is 121 Å². The third-order valence-corrected chi connectivity index (χ3v) is 0.824. The van der Waals surface area contributed by atoms with Gasteiger partial charge in [0, 0.05) is 19.5 Å². The summed E-state index contributed by atoms with van der Waals surface area (Å²) in [5.41, 5.74) is 0. The van der Waals surface area contributed by atoms with Crippen LogP contribution in [0.4, 0.5) is 0 Å². The van der Waals surface area contributed by atoms with Gasteiger partial charge >= 0.3 is 31.8 Å². The monoisotopic (exact) mass is 195 g/mol. The van der Waals surface area contributed by atoms with Crippen LogP contribution in [-0.2, 0) is 28.8 Å². The van der Waals surface area contributed by atoms with Gasteiger partial charge in [-0.2, -0.15) is 0 Å². The zero-order valence-corrected chi connectivity index (χ0v) is 7.88. The average Bonchev–Trinajstić information content (AvgIpc) is 1.73. The second-order valence-electron chi connectivity index (χ2n) is 0.982. The van der Waals surface area contributed by atoms with Gasteiger partial charge in [-0.25, -0.2) is 0 Å². The molecule has 0 aromatic heterocycles. The molecule has 8 heavy (non-hydrogen) atoms. The van der Waals surface area contributed by atoms with Gasteiger partial charge in [-0.3, -0.25) is 0 Å². The van der Waals surface area contributed by atoms with E-state index in [2.05, 4.69) is 9.35 Å². The maximum Gasteiger partial charge on any atom is 0 e. The van der Waals surface area contributed by atoms with Gasteiger partial charge in [-0.05, 0) is 0 Å². The fourth-order valence-electron chi connectivity index (χ4n) is 0.0447. The van der Waals surface area contributed by atoms with Crippen LogP contribution in [0.1, 0.15) is 0 Å². The molecule has 0 unspecified atom stereocenters. The molecular formula is H6NO5PZn. The summed E-state index contributed by atoms with van der Waals surface area (Å²) in [6.07, 6.45) is 0. The molecule has 0 aromatic rings. The van der Waals surface area contributed by atoms with Gasteiger partial charge in [-0.1, -0.05) is 0 Å². The molecule has 1 rings (SSSR count). The Morgan fingerprint density at radius 2 is 1.12 bits per heavy atom. The molecule has 1 heterocycles. The fraction of sp³-hybridized carbons (Fsp3) is 0. The van der Waals surface area contributed by atoms with Crippen LogP contribution in [0.25, 0.3) is 0 Å². The van der Waals surface area contributed by atoms with E-state index in [4.69, 9.17) is 14.7 Å². The van der Waals surface area contributed by atoms with Crippen molar-refractivity contribution >= 4 is 7.74 Å². The molecule has 6 N–H and O–H groups in total. The Balaban J connectivity index is 0. The van der Waals surface area contributed by atoms with Crippen LogP contribution in [0.3, 0.4) is 0 Å². The van der Waals surface area contributed by atoms with Crippen molar-refractivity contribution in [3.63, 3.8) is 0 Å². The fourth-order valence-corrected chi connectivity index (χ4v) is 0.402. The number of rotatable bonds is 0. The van der Waals surface area contributed by atoms with Crippen LogP contribution in [0, 0.1) is 0 Å². The molecule has 6 nitrogen and oxygen atoms in total. The van der Waals surface area contributed by atoms with Gasteiger partial charge < -0.3 is 6.15 Å². The zero-order valence-electron chi connectivity index (χ0n) is 4.02. The van der Waals surface area contributed by atoms with Gasteiger partial charge in [0.1, 0.15) is 0 Å². The third kappa shape index (κ3) is 3.77. The zero-order chi connectivity index (χ0) is 4.86. The summed E-state index contributed by atoms with van der Waals surface area (Å²) in [6, 6.07) is 0. The molecule has 1 saturated heterocycles. The first-order chi connectivity index (χ1) is 2.47. The first-order valence-corrected chi connectivity index (χ1v) is 3.06. The van der Waals surface area contributed by atoms with E-state index in [-0.39, 0.29) is 25.6 Å². The predicted octanol–water partition coefficient (Wildman–Crippen LogP) is -0.787. The van der Waals surface area contributed by atoms with Crippen molar-refractivity contribution in [3.8, 4) is 0 Å². The first-order valence-electron chi connectivity index (χ1n) is 1.13. The van der Waals surface area contributed by atoms with Crippen LogP contribution < -0.4 is 6.15 Å². The number of hydrogen-bond donors (Lipinski definition) is 4. The van der Waals surface area contributed by atoms with Crippen molar-refractivity contribution in [3.05, 3.63) is 0 Å². The second kappa shape index (κ2) is 2.21. The summed E-state index contributed by atoms with van der Waals surface area (Å²) in [5, 5.41) is 0. The summed E-state index contributed by atoms with van der Waals surface area (Å²) in [5.74, 6) is 0. The molecule has 1 aliphatic rings. The van der Waals surface area contributed by atoms with Crippen LogP contribution in [0.5, 0.6) is 0 Å². The van der Waals surface area contributed by atoms with Crippen molar-refractivity contribution in [2.75, 3.05) is 0 Å². The summed E-state index contributed by atoms with van der Waals surface area (Å²) in [6.45, 7) is 0. The molecule has 0 bridgehead atoms. The standard InChI is InChI=1S/H3N.H3O5P.Zn/c;1-6(2,3)4-5-6;/h1H3;1-3H;. The van der Waals surface area contributed by atoms with E-state index in [1.165, 1.54) is 0 Å². The van der Waals surface area contributed by atoms with Gasteiger partial charge in [0.25, 0.3) is 0 Å². The summed E-state index contributed by atoms with van der Waals surface area (Å²) < 4.78 is 6.76. The molecule has 0 aliphatic carbocycles. The van der Waals surface area contributed by atoms with E-state index < -0.39 is 7.74 Å². The molecule has 0 aromatic carbocycles. The molecule has 0 atom stereocenters. The van der Waals surface area contributed by atoms with Gasteiger partial charge in [-0.15, -0.1) is 0 Å². The average molecular weight is 196 g/mol. The van der Waals surface area contributed by atoms with Crippen LogP contribution in [0.2, 0.25) is 0 Å². The maximum atomic E-state index is 7.89. The van der Waals surface area contributed by atoms with Gasteiger partial charge in [0.15, 0.2) is 0 Å². The minimum atomic E-state index is -4.80. The van der Waals surface area contributed by atoms with Crippen molar-refractivity contribution < 1.29 is 43.5 Å². The Kier molecular flexibility index (Phi) is 3.20. The van der Waals surface area contributed by atoms with E-state index in [1.54, 1.807) is 0 Å². The molecule has 0 radical (unpaired) electrons. The third-order valence-electron chi connectivity index (χ3n) is 0.275. The summed E-state index contributed by atoms with van der Waals surface area (Å²) in [4.78, 5) is 23.7. The van der Waals surface area contributed by atoms with Crippen molar-refractivity contribution in [1.29, 1.82) is 0 Å². The van der Waals surface area contributed by atoms with E-state index >= 15 is 0 Å². The van der Waals surface area contributed by atoms with Gasteiger partial charge in [0.2, 0.25) is 0 Å². The Morgan fingerprint density at radius 1 is 1.00 bits per heavy atom. The minimum Gasteiger partial charge on any atom is 0 e. The molecule has 1 fully saturated rings. The predicted molar refractivity (Wildman–Crippen MR) is 20.8 cm³/mol. The van der Waals surface area contributed by atoms with Crippen molar-refractivity contribution in [2.24, 2.45) is 0 Å². The minimum absolute atomic E-state index is 0. The van der Waals surface area contributed by atoms with E-state index in [0.29, 0.717) is 0 Å². The molecule has 0 spiro atoms. The molecule has 1 aliphatic heterocycles. The Bertz CT molecular complexity index is 76.2.